The molecular weight excluding hydrogens is 562 g/mol. The van der Waals surface area contributed by atoms with E-state index in [1.807, 2.05) is 0 Å². The number of hydrogen-bond donors (Lipinski definition) is 2. The van der Waals surface area contributed by atoms with E-state index in [0.717, 1.165) is 6.07 Å². The molecule has 2 aromatic carbocycles. The Balaban J connectivity index is 1.38. The molecule has 5 aromatic rings. The van der Waals surface area contributed by atoms with Gasteiger partial charge in [-0.25, -0.2) is 13.8 Å². The van der Waals surface area contributed by atoms with Crippen molar-refractivity contribution in [3.05, 3.63) is 100 Å². The van der Waals surface area contributed by atoms with Crippen LogP contribution < -0.4 is 25.0 Å². The maximum atomic E-state index is 15.2. The summed E-state index contributed by atoms with van der Waals surface area (Å²) >= 11 is 0. The fourth-order valence-electron chi connectivity index (χ4n) is 4.30. The van der Waals surface area contributed by atoms with E-state index in [0.29, 0.717) is 34.6 Å². The number of carbonyl (C=O) groups excluding carboxylic acids is 1. The Bertz CT molecular complexity index is 1860. The number of benzene rings is 2. The minimum absolute atomic E-state index is 0.0921. The molecule has 0 saturated heterocycles. The third-order valence-corrected chi connectivity index (χ3v) is 6.42. The first kappa shape index (κ1) is 29.1. The summed E-state index contributed by atoms with van der Waals surface area (Å²) in [6.07, 6.45) is 2.76. The van der Waals surface area contributed by atoms with E-state index in [9.17, 15) is 14.0 Å². The smallest absolute Gasteiger partial charge is 0.261 e. The molecule has 0 spiro atoms. The van der Waals surface area contributed by atoms with Crippen LogP contribution in [-0.2, 0) is 4.74 Å². The molecule has 12 heteroatoms. The lowest BCUT2D eigenvalue weighted by Gasteiger charge is -2.13. The molecule has 0 aliphatic rings. The van der Waals surface area contributed by atoms with Crippen LogP contribution in [0, 0.1) is 18.6 Å². The first-order valence-electron chi connectivity index (χ1n) is 13.0. The summed E-state index contributed by atoms with van der Waals surface area (Å²) in [5, 5.41) is 2.53. The second kappa shape index (κ2) is 12.7. The van der Waals surface area contributed by atoms with Gasteiger partial charge >= 0.3 is 0 Å². The summed E-state index contributed by atoms with van der Waals surface area (Å²) in [5.41, 5.74) is 1.27. The number of nitrogens with zero attached hydrogens (tertiary/aromatic N) is 2. The Labute approximate surface area is 244 Å². The lowest BCUT2D eigenvalue weighted by atomic mass is 10.0. The van der Waals surface area contributed by atoms with Crippen molar-refractivity contribution in [3.8, 4) is 34.3 Å². The van der Waals surface area contributed by atoms with Gasteiger partial charge in [-0.3, -0.25) is 14.6 Å². The molecule has 43 heavy (non-hydrogen) atoms. The molecule has 0 fully saturated rings. The van der Waals surface area contributed by atoms with Crippen LogP contribution in [0.2, 0.25) is 0 Å². The number of ether oxygens (including phenoxy) is 4. The maximum absolute atomic E-state index is 15.2. The highest BCUT2D eigenvalue weighted by molar-refractivity contribution is 6.04. The topological polar surface area (TPSA) is 125 Å². The van der Waals surface area contributed by atoms with E-state index in [4.69, 9.17) is 18.9 Å². The van der Waals surface area contributed by atoms with Crippen LogP contribution in [0.15, 0.2) is 71.8 Å². The van der Waals surface area contributed by atoms with Crippen molar-refractivity contribution in [1.82, 2.24) is 15.0 Å². The van der Waals surface area contributed by atoms with Crippen LogP contribution >= 0.6 is 0 Å². The van der Waals surface area contributed by atoms with Gasteiger partial charge in [0.15, 0.2) is 23.1 Å². The molecular formula is C31H26F2N4O6. The summed E-state index contributed by atoms with van der Waals surface area (Å²) < 4.78 is 50.4. The number of carbonyl (C=O) groups is 1. The van der Waals surface area contributed by atoms with E-state index in [2.05, 4.69) is 20.3 Å². The van der Waals surface area contributed by atoms with E-state index in [1.165, 1.54) is 62.0 Å². The second-order valence-electron chi connectivity index (χ2n) is 9.25. The van der Waals surface area contributed by atoms with Crippen molar-refractivity contribution in [2.45, 2.75) is 6.92 Å². The highest BCUT2D eigenvalue weighted by atomic mass is 19.1. The number of fused-ring (bicyclic) bond motifs is 1. The molecule has 0 atom stereocenters. The van der Waals surface area contributed by atoms with Crippen LogP contribution in [0.1, 0.15) is 16.1 Å². The molecule has 0 aliphatic heterocycles. The van der Waals surface area contributed by atoms with Crippen LogP contribution in [0.25, 0.3) is 22.2 Å². The summed E-state index contributed by atoms with van der Waals surface area (Å²) in [4.78, 5) is 37.8. The largest absolute Gasteiger partial charge is 0.491 e. The summed E-state index contributed by atoms with van der Waals surface area (Å²) in [7, 11) is 3.02. The number of rotatable bonds is 10. The number of nitrogens with one attached hydrogen (secondary N) is 2. The van der Waals surface area contributed by atoms with Crippen LogP contribution in [-0.4, -0.2) is 48.3 Å². The Morgan fingerprint density at radius 3 is 2.49 bits per heavy atom. The van der Waals surface area contributed by atoms with Gasteiger partial charge in [0.1, 0.15) is 23.5 Å². The number of aromatic nitrogens is 3. The van der Waals surface area contributed by atoms with E-state index < -0.39 is 23.0 Å². The number of hydrogen-bond acceptors (Lipinski definition) is 8. The Hall–Kier alpha value is -5.36. The van der Waals surface area contributed by atoms with E-state index in [-0.39, 0.29) is 40.8 Å². The van der Waals surface area contributed by atoms with Crippen molar-refractivity contribution in [2.75, 3.05) is 32.8 Å². The predicted octanol–water partition coefficient (Wildman–Crippen LogP) is 5.65. The summed E-state index contributed by atoms with van der Waals surface area (Å²) in [5.74, 6) is -1.37. The van der Waals surface area contributed by atoms with Gasteiger partial charge in [-0.15, -0.1) is 0 Å². The minimum Gasteiger partial charge on any atom is -0.491 e. The van der Waals surface area contributed by atoms with Gasteiger partial charge in [0.25, 0.3) is 11.8 Å². The SMILES string of the molecule is COCCOc1nc2c(Oc3ccc(NC(=O)c4c[nH]c(C)c(-c5ccc(F)cc5)c4=O)cc3F)ccnc2cc1OC. The van der Waals surface area contributed by atoms with Crippen molar-refractivity contribution >= 4 is 22.6 Å². The van der Waals surface area contributed by atoms with Gasteiger partial charge in [-0.05, 0) is 36.8 Å². The zero-order valence-corrected chi connectivity index (χ0v) is 23.4. The number of halogens is 2. The number of anilines is 1. The van der Waals surface area contributed by atoms with Gasteiger partial charge in [0, 0.05) is 54.6 Å². The maximum Gasteiger partial charge on any atom is 0.261 e. The number of amides is 1. The molecule has 220 valence electrons. The standard InChI is InChI=1S/C31H26F2N4O6/c1-17-27(18-4-6-19(32)7-5-18)29(38)21(16-35-17)30(39)36-20-8-9-24(22(33)14-20)43-25-10-11-34-23-15-26(41-3)31(37-28(23)25)42-13-12-40-2/h4-11,14-16H,12-13H2,1-3H3,(H,35,38)(H,36,39). The third-order valence-electron chi connectivity index (χ3n) is 6.42. The monoisotopic (exact) mass is 588 g/mol. The highest BCUT2D eigenvalue weighted by Crippen LogP contribution is 2.35. The zero-order chi connectivity index (χ0) is 30.5. The Morgan fingerprint density at radius 2 is 1.77 bits per heavy atom. The fourth-order valence-corrected chi connectivity index (χ4v) is 4.30. The van der Waals surface area contributed by atoms with Gasteiger partial charge in [0.2, 0.25) is 5.43 Å². The Kier molecular flexibility index (Phi) is 8.58. The first-order chi connectivity index (χ1) is 20.8. The number of aromatic amines is 1. The van der Waals surface area contributed by atoms with Crippen LogP contribution in [0.5, 0.6) is 23.1 Å². The molecule has 3 heterocycles. The number of H-pyrrole nitrogens is 1. The van der Waals surface area contributed by atoms with Gasteiger partial charge in [-0.2, -0.15) is 0 Å². The minimum atomic E-state index is -0.780. The van der Waals surface area contributed by atoms with Gasteiger partial charge in [-0.1, -0.05) is 12.1 Å². The molecule has 0 radical (unpaired) electrons. The van der Waals surface area contributed by atoms with Crippen molar-refractivity contribution in [3.63, 3.8) is 0 Å². The second-order valence-corrected chi connectivity index (χ2v) is 9.25. The lowest BCUT2D eigenvalue weighted by Crippen LogP contribution is -2.23. The van der Waals surface area contributed by atoms with Gasteiger partial charge < -0.3 is 29.2 Å². The Morgan fingerprint density at radius 1 is 0.977 bits per heavy atom. The normalized spacial score (nSPS) is 10.9. The fraction of sp³-hybridized carbons (Fsp3) is 0.161. The molecule has 5 rings (SSSR count). The molecule has 0 unspecified atom stereocenters. The first-order valence-corrected chi connectivity index (χ1v) is 13.0. The molecule has 0 saturated carbocycles. The summed E-state index contributed by atoms with van der Waals surface area (Å²) in [6.45, 7) is 2.23. The van der Waals surface area contributed by atoms with Crippen LogP contribution in [0.4, 0.5) is 14.5 Å². The quantitative estimate of drug-likeness (QED) is 0.201. The van der Waals surface area contributed by atoms with Crippen molar-refractivity contribution < 1.29 is 32.5 Å². The molecule has 0 bridgehead atoms. The molecule has 3 aromatic heterocycles. The van der Waals surface area contributed by atoms with Crippen molar-refractivity contribution in [1.29, 1.82) is 0 Å². The average molecular weight is 589 g/mol. The number of aryl methyl sites for hydroxylation is 1. The van der Waals surface area contributed by atoms with E-state index >= 15 is 4.39 Å². The van der Waals surface area contributed by atoms with Crippen molar-refractivity contribution in [2.24, 2.45) is 0 Å². The van der Waals surface area contributed by atoms with Gasteiger partial charge in [0.05, 0.1) is 19.2 Å². The highest BCUT2D eigenvalue weighted by Gasteiger charge is 2.19. The zero-order valence-electron chi connectivity index (χ0n) is 23.4. The number of pyridine rings is 3. The molecule has 10 nitrogen and oxygen atoms in total. The third kappa shape index (κ3) is 6.28. The molecule has 1 amide bonds. The summed E-state index contributed by atoms with van der Waals surface area (Å²) in [6, 6.07) is 12.3. The molecule has 0 aliphatic carbocycles. The average Bonchev–Trinajstić information content (AvgIpc) is 2.99. The number of methoxy groups -OCH3 is 2. The lowest BCUT2D eigenvalue weighted by molar-refractivity contribution is 0.102. The molecule has 2 N–H and O–H groups in total. The predicted molar refractivity (Wildman–Crippen MR) is 155 cm³/mol. The van der Waals surface area contributed by atoms with Crippen LogP contribution in [0.3, 0.4) is 0 Å². The van der Waals surface area contributed by atoms with E-state index in [1.54, 1.807) is 20.1 Å².